The molecule has 4 aromatic rings. The van der Waals surface area contributed by atoms with Gasteiger partial charge in [-0.2, -0.15) is 5.10 Å². The van der Waals surface area contributed by atoms with Gasteiger partial charge in [-0.15, -0.1) is 0 Å². The zero-order chi connectivity index (χ0) is 25.8. The summed E-state index contributed by atoms with van der Waals surface area (Å²) in [5.74, 6) is -1.68. The number of carbonyl (C=O) groups is 1. The van der Waals surface area contributed by atoms with E-state index in [1.807, 2.05) is 57.2 Å². The Morgan fingerprint density at radius 2 is 1.78 bits per heavy atom. The van der Waals surface area contributed by atoms with E-state index in [0.29, 0.717) is 11.4 Å². The van der Waals surface area contributed by atoms with E-state index in [1.54, 1.807) is 24.4 Å². The predicted octanol–water partition coefficient (Wildman–Crippen LogP) is 7.03. The molecule has 0 fully saturated rings. The van der Waals surface area contributed by atoms with Gasteiger partial charge in [0.25, 0.3) is 0 Å². The maximum Gasteiger partial charge on any atom is 0.335 e. The summed E-state index contributed by atoms with van der Waals surface area (Å²) in [4.78, 5) is 11.2. The highest BCUT2D eigenvalue weighted by Crippen LogP contribution is 2.27. The number of halogens is 2. The van der Waals surface area contributed by atoms with Crippen molar-refractivity contribution in [1.82, 2.24) is 9.78 Å². The lowest BCUT2D eigenvalue weighted by molar-refractivity contribution is 0.0697. The number of aromatic nitrogens is 2. The second-order valence-electron chi connectivity index (χ2n) is 8.75. The molecule has 0 saturated heterocycles. The summed E-state index contributed by atoms with van der Waals surface area (Å²) in [6, 6.07) is 16.0. The number of carboxylic acids is 1. The van der Waals surface area contributed by atoms with Gasteiger partial charge >= 0.3 is 5.97 Å². The van der Waals surface area contributed by atoms with Crippen molar-refractivity contribution in [3.63, 3.8) is 0 Å². The highest BCUT2D eigenvalue weighted by Gasteiger charge is 2.20. The Morgan fingerprint density at radius 3 is 2.44 bits per heavy atom. The second-order valence-corrected chi connectivity index (χ2v) is 8.75. The summed E-state index contributed by atoms with van der Waals surface area (Å²) in [6.45, 7) is 6.00. The van der Waals surface area contributed by atoms with Gasteiger partial charge in [0.15, 0.2) is 11.6 Å². The molecule has 1 N–H and O–H groups in total. The number of para-hydroxylation sites is 1. The van der Waals surface area contributed by atoms with Crippen LogP contribution in [0.25, 0.3) is 17.8 Å². The first-order valence-electron chi connectivity index (χ1n) is 11.5. The Bertz CT molecular complexity index is 1420. The van der Waals surface area contributed by atoms with Crippen molar-refractivity contribution in [2.75, 3.05) is 0 Å². The Morgan fingerprint density at radius 1 is 1.06 bits per heavy atom. The van der Waals surface area contributed by atoms with E-state index < -0.39 is 17.6 Å². The van der Waals surface area contributed by atoms with E-state index in [-0.39, 0.29) is 23.8 Å². The lowest BCUT2D eigenvalue weighted by Crippen LogP contribution is -2.11. The number of aromatic carboxylic acids is 1. The number of hydrogen-bond acceptors (Lipinski definition) is 3. The normalized spacial score (nSPS) is 11.4. The number of aryl methyl sites for hydroxylation is 1. The van der Waals surface area contributed by atoms with E-state index in [9.17, 15) is 13.6 Å². The van der Waals surface area contributed by atoms with Gasteiger partial charge in [0.1, 0.15) is 18.0 Å². The van der Waals surface area contributed by atoms with Gasteiger partial charge in [-0.05, 0) is 71.5 Å². The van der Waals surface area contributed by atoms with Crippen LogP contribution in [0, 0.1) is 18.6 Å². The fourth-order valence-electron chi connectivity index (χ4n) is 3.94. The van der Waals surface area contributed by atoms with E-state index in [0.717, 1.165) is 22.3 Å². The average molecular weight is 489 g/mol. The standard InChI is InChI=1S/C29H26F2N2O3/c1-18(2)24-16-32-33(28-25(30)8-5-9-26(28)31)27(24)17-36-23-13-12-21(19(3)14-23)11-10-20-6-4-7-22(15-20)29(34)35/h4-16,18H,17H2,1-3H3,(H,34,35)/b11-10+. The first-order valence-corrected chi connectivity index (χ1v) is 11.5. The van der Waals surface area contributed by atoms with Crippen molar-refractivity contribution < 1.29 is 23.4 Å². The topological polar surface area (TPSA) is 64.4 Å². The van der Waals surface area contributed by atoms with Gasteiger partial charge in [-0.25, -0.2) is 18.3 Å². The number of ether oxygens (including phenoxy) is 1. The van der Waals surface area contributed by atoms with Crippen molar-refractivity contribution in [3.05, 3.63) is 112 Å². The molecule has 3 aromatic carbocycles. The fourth-order valence-corrected chi connectivity index (χ4v) is 3.94. The molecule has 0 radical (unpaired) electrons. The van der Waals surface area contributed by atoms with E-state index >= 15 is 0 Å². The molecule has 7 heteroatoms. The van der Waals surface area contributed by atoms with Gasteiger partial charge in [0.2, 0.25) is 0 Å². The monoisotopic (exact) mass is 488 g/mol. The quantitative estimate of drug-likeness (QED) is 0.271. The molecule has 0 spiro atoms. The highest BCUT2D eigenvalue weighted by molar-refractivity contribution is 5.88. The minimum Gasteiger partial charge on any atom is -0.487 e. The van der Waals surface area contributed by atoms with Crippen LogP contribution in [-0.2, 0) is 6.61 Å². The molecule has 0 unspecified atom stereocenters. The molecular weight excluding hydrogens is 462 g/mol. The third-order valence-corrected chi connectivity index (χ3v) is 5.88. The van der Waals surface area contributed by atoms with Gasteiger partial charge in [-0.3, -0.25) is 0 Å². The number of nitrogens with zero attached hydrogens (tertiary/aromatic N) is 2. The van der Waals surface area contributed by atoms with Crippen molar-refractivity contribution in [2.24, 2.45) is 0 Å². The highest BCUT2D eigenvalue weighted by atomic mass is 19.1. The molecule has 0 bridgehead atoms. The molecule has 5 nitrogen and oxygen atoms in total. The maximum atomic E-state index is 14.5. The molecule has 0 aliphatic carbocycles. The Hall–Kier alpha value is -4.26. The smallest absolute Gasteiger partial charge is 0.335 e. The molecule has 0 atom stereocenters. The third-order valence-electron chi connectivity index (χ3n) is 5.88. The summed E-state index contributed by atoms with van der Waals surface area (Å²) in [7, 11) is 0. The zero-order valence-electron chi connectivity index (χ0n) is 20.2. The molecule has 36 heavy (non-hydrogen) atoms. The van der Waals surface area contributed by atoms with Crippen LogP contribution in [0.15, 0.2) is 66.9 Å². The van der Waals surface area contributed by atoms with Crippen LogP contribution >= 0.6 is 0 Å². The van der Waals surface area contributed by atoms with Crippen LogP contribution in [0.2, 0.25) is 0 Å². The first kappa shape index (κ1) is 24.9. The third kappa shape index (κ3) is 5.35. The van der Waals surface area contributed by atoms with Crippen molar-refractivity contribution in [1.29, 1.82) is 0 Å². The van der Waals surface area contributed by atoms with Crippen LogP contribution in [0.1, 0.15) is 58.1 Å². The molecule has 1 heterocycles. The molecule has 4 rings (SSSR count). The number of benzene rings is 3. The van der Waals surface area contributed by atoms with E-state index in [1.165, 1.54) is 22.9 Å². The van der Waals surface area contributed by atoms with Crippen LogP contribution < -0.4 is 4.74 Å². The van der Waals surface area contributed by atoms with Crippen LogP contribution in [0.4, 0.5) is 8.78 Å². The molecule has 1 aromatic heterocycles. The van der Waals surface area contributed by atoms with Crippen LogP contribution in [-0.4, -0.2) is 20.9 Å². The molecule has 0 saturated carbocycles. The van der Waals surface area contributed by atoms with Crippen molar-refractivity contribution >= 4 is 18.1 Å². The van der Waals surface area contributed by atoms with Crippen molar-refractivity contribution in [2.45, 2.75) is 33.3 Å². The average Bonchev–Trinajstić information content (AvgIpc) is 3.26. The van der Waals surface area contributed by atoms with Gasteiger partial charge < -0.3 is 9.84 Å². The fraction of sp³-hybridized carbons (Fsp3) is 0.172. The van der Waals surface area contributed by atoms with E-state index in [2.05, 4.69) is 5.10 Å². The Kier molecular flexibility index (Phi) is 7.29. The molecule has 0 aliphatic rings. The number of hydrogen-bond donors (Lipinski definition) is 1. The first-order chi connectivity index (χ1) is 17.2. The summed E-state index contributed by atoms with van der Waals surface area (Å²) >= 11 is 0. The predicted molar refractivity (Wildman–Crippen MR) is 135 cm³/mol. The molecule has 0 aliphatic heterocycles. The van der Waals surface area contributed by atoms with Crippen LogP contribution in [0.5, 0.6) is 5.75 Å². The SMILES string of the molecule is Cc1cc(OCc2c(C(C)C)cnn2-c2c(F)cccc2F)ccc1/C=C/c1cccc(C(=O)O)c1. The summed E-state index contributed by atoms with van der Waals surface area (Å²) in [6.07, 6.45) is 5.38. The van der Waals surface area contributed by atoms with Gasteiger partial charge in [-0.1, -0.05) is 50.3 Å². The lowest BCUT2D eigenvalue weighted by atomic mass is 10.0. The number of rotatable bonds is 8. The Labute approximate surface area is 208 Å². The largest absolute Gasteiger partial charge is 0.487 e. The summed E-state index contributed by atoms with van der Waals surface area (Å²) in [5, 5.41) is 13.4. The molecule has 184 valence electrons. The summed E-state index contributed by atoms with van der Waals surface area (Å²) < 4.78 is 36.2. The van der Waals surface area contributed by atoms with Gasteiger partial charge in [0.05, 0.1) is 17.5 Å². The minimum atomic E-state index is -0.970. The van der Waals surface area contributed by atoms with Gasteiger partial charge in [0, 0.05) is 0 Å². The zero-order valence-corrected chi connectivity index (χ0v) is 20.2. The Balaban J connectivity index is 1.55. The number of carboxylic acid groups (broad SMARTS) is 1. The van der Waals surface area contributed by atoms with E-state index in [4.69, 9.17) is 9.84 Å². The van der Waals surface area contributed by atoms with Crippen LogP contribution in [0.3, 0.4) is 0 Å². The molecule has 0 amide bonds. The second kappa shape index (κ2) is 10.6. The molecular formula is C29H26F2N2O3. The van der Waals surface area contributed by atoms with Crippen molar-refractivity contribution in [3.8, 4) is 11.4 Å². The lowest BCUT2D eigenvalue weighted by Gasteiger charge is -2.14. The summed E-state index contributed by atoms with van der Waals surface area (Å²) in [5.41, 5.74) is 4.11. The maximum absolute atomic E-state index is 14.5. The minimum absolute atomic E-state index is 0.0812.